The number of methoxy groups -OCH3 is 2. The number of ether oxygens (including phenoxy) is 2. The van der Waals surface area contributed by atoms with Crippen LogP contribution in [0.25, 0.3) is 0 Å². The first-order valence-corrected chi connectivity index (χ1v) is 7.64. The number of nitrogens with one attached hydrogen (secondary N) is 1. The highest BCUT2D eigenvalue weighted by Crippen LogP contribution is 2.42. The number of hydrogen-bond donors (Lipinski definition) is 1. The lowest BCUT2D eigenvalue weighted by Crippen LogP contribution is -2.59. The minimum absolute atomic E-state index is 0.476. The van der Waals surface area contributed by atoms with Crippen LogP contribution in [-0.2, 0) is 24.7 Å². The van der Waals surface area contributed by atoms with Gasteiger partial charge in [0.1, 0.15) is 11.7 Å². The molecule has 0 aliphatic rings. The molecule has 1 amide bonds. The van der Waals surface area contributed by atoms with Crippen LogP contribution in [0, 0.1) is 0 Å². The minimum Gasteiger partial charge on any atom is -0.467 e. The van der Waals surface area contributed by atoms with Crippen molar-refractivity contribution in [2.45, 2.75) is 43.8 Å². The fourth-order valence-corrected chi connectivity index (χ4v) is 2.50. The molecule has 1 rings (SSSR count). The lowest BCUT2D eigenvalue weighted by atomic mass is 9.90. The van der Waals surface area contributed by atoms with E-state index < -0.39 is 47.3 Å². The normalized spacial score (nSPS) is 15.7. The molecule has 9 heteroatoms. The minimum atomic E-state index is -5.14. The summed E-state index contributed by atoms with van der Waals surface area (Å²) in [7, 11) is 1.71. The lowest BCUT2D eigenvalue weighted by molar-refractivity contribution is -0.266. The molecule has 0 saturated carbocycles. The van der Waals surface area contributed by atoms with Crippen molar-refractivity contribution in [1.29, 1.82) is 0 Å². The number of alkyl halides is 4. The van der Waals surface area contributed by atoms with E-state index in [0.29, 0.717) is 0 Å². The molecule has 1 N–H and O–H groups in total. The second-order valence-corrected chi connectivity index (χ2v) is 6.22. The summed E-state index contributed by atoms with van der Waals surface area (Å²) in [6, 6.07) is 4.62. The molecule has 0 aliphatic heterocycles. The number of carbonyl (C=O) groups is 2. The highest BCUT2D eigenvalue weighted by Gasteiger charge is 2.63. The molecule has 5 nitrogen and oxygen atoms in total. The molecule has 1 aromatic rings. The van der Waals surface area contributed by atoms with Crippen LogP contribution < -0.4 is 5.32 Å². The number of carbonyl (C=O) groups excluding carboxylic acids is 2. The van der Waals surface area contributed by atoms with Gasteiger partial charge in [-0.3, -0.25) is 4.79 Å². The van der Waals surface area contributed by atoms with Gasteiger partial charge in [-0.2, -0.15) is 13.2 Å². The monoisotopic (exact) mass is 379 g/mol. The smallest absolute Gasteiger partial charge is 0.430 e. The van der Waals surface area contributed by atoms with Crippen molar-refractivity contribution in [1.82, 2.24) is 5.32 Å². The zero-order valence-corrected chi connectivity index (χ0v) is 14.8. The van der Waals surface area contributed by atoms with Gasteiger partial charge in [0.05, 0.1) is 7.11 Å². The van der Waals surface area contributed by atoms with E-state index in [1.807, 2.05) is 5.32 Å². The van der Waals surface area contributed by atoms with E-state index >= 15 is 0 Å². The molecule has 0 bridgehead atoms. The van der Waals surface area contributed by atoms with Gasteiger partial charge in [-0.25, -0.2) is 9.18 Å². The summed E-state index contributed by atoms with van der Waals surface area (Å²) in [6.45, 7) is 2.25. The Morgan fingerprint density at radius 2 is 1.62 bits per heavy atom. The summed E-state index contributed by atoms with van der Waals surface area (Å²) in [5.41, 5.74) is -5.77. The van der Waals surface area contributed by atoms with Gasteiger partial charge in [0.25, 0.3) is 11.5 Å². The van der Waals surface area contributed by atoms with E-state index in [4.69, 9.17) is 0 Å². The van der Waals surface area contributed by atoms with E-state index in [9.17, 15) is 27.2 Å². The van der Waals surface area contributed by atoms with Gasteiger partial charge in [0.15, 0.2) is 0 Å². The van der Waals surface area contributed by atoms with Crippen molar-refractivity contribution in [2.75, 3.05) is 14.2 Å². The summed E-state index contributed by atoms with van der Waals surface area (Å²) in [4.78, 5) is 24.4. The van der Waals surface area contributed by atoms with E-state index in [0.717, 1.165) is 40.2 Å². The summed E-state index contributed by atoms with van der Waals surface area (Å²) in [5.74, 6) is -2.71. The van der Waals surface area contributed by atoms with Crippen molar-refractivity contribution >= 4 is 11.9 Å². The molecule has 0 unspecified atom stereocenters. The molecule has 0 fully saturated rings. The Morgan fingerprint density at radius 1 is 1.08 bits per heavy atom. The zero-order chi connectivity index (χ0) is 20.2. The summed E-state index contributed by atoms with van der Waals surface area (Å²) < 4.78 is 64.4. The van der Waals surface area contributed by atoms with Gasteiger partial charge in [0.2, 0.25) is 0 Å². The van der Waals surface area contributed by atoms with E-state index in [1.165, 1.54) is 18.2 Å². The fraction of sp³-hybridized carbons (Fsp3) is 0.529. The Bertz CT molecular complexity index is 628. The SMILES string of the molecule is COC(=O)[C@H](CC(C)(C)F)NC(=O)[C@@](OC)(c1ccccc1)C(F)(F)F. The van der Waals surface area contributed by atoms with Crippen LogP contribution in [0.5, 0.6) is 0 Å². The first kappa shape index (κ1) is 21.9. The third-order valence-corrected chi connectivity index (χ3v) is 3.69. The average Bonchev–Trinajstić information content (AvgIpc) is 2.53. The molecule has 1 aromatic carbocycles. The van der Waals surface area contributed by atoms with Gasteiger partial charge >= 0.3 is 12.1 Å². The van der Waals surface area contributed by atoms with Gasteiger partial charge < -0.3 is 14.8 Å². The van der Waals surface area contributed by atoms with Gasteiger partial charge in [-0.1, -0.05) is 30.3 Å². The van der Waals surface area contributed by atoms with E-state index in [1.54, 1.807) is 0 Å². The molecule has 146 valence electrons. The number of rotatable bonds is 7. The Morgan fingerprint density at radius 3 is 2.00 bits per heavy atom. The van der Waals surface area contributed by atoms with Crippen LogP contribution in [0.4, 0.5) is 17.6 Å². The van der Waals surface area contributed by atoms with Crippen LogP contribution in [0.3, 0.4) is 0 Å². The molecule has 0 spiro atoms. The Hall–Kier alpha value is -2.16. The Balaban J connectivity index is 3.34. The molecule has 0 aliphatic carbocycles. The van der Waals surface area contributed by atoms with Crippen molar-refractivity contribution in [3.8, 4) is 0 Å². The Kier molecular flexibility index (Phi) is 6.76. The van der Waals surface area contributed by atoms with Crippen LogP contribution in [0.15, 0.2) is 30.3 Å². The van der Waals surface area contributed by atoms with E-state index in [-0.39, 0.29) is 0 Å². The largest absolute Gasteiger partial charge is 0.467 e. The molecular formula is C17H21F4NO4. The quantitative estimate of drug-likeness (QED) is 0.585. The topological polar surface area (TPSA) is 64.6 Å². The highest BCUT2D eigenvalue weighted by atomic mass is 19.4. The number of halogens is 4. The first-order valence-electron chi connectivity index (χ1n) is 7.64. The number of esters is 1. The Labute approximate surface area is 148 Å². The molecule has 0 aromatic heterocycles. The fourth-order valence-electron chi connectivity index (χ4n) is 2.50. The predicted octanol–water partition coefficient (Wildman–Crippen LogP) is 2.89. The van der Waals surface area contributed by atoms with Gasteiger partial charge in [0, 0.05) is 19.1 Å². The average molecular weight is 379 g/mol. The summed E-state index contributed by atoms with van der Waals surface area (Å²) >= 11 is 0. The summed E-state index contributed by atoms with van der Waals surface area (Å²) in [6.07, 6.45) is -5.71. The molecule has 0 saturated heterocycles. The van der Waals surface area contributed by atoms with E-state index in [2.05, 4.69) is 9.47 Å². The van der Waals surface area contributed by atoms with Gasteiger partial charge in [-0.15, -0.1) is 0 Å². The lowest BCUT2D eigenvalue weighted by Gasteiger charge is -2.34. The first-order chi connectivity index (χ1) is 11.9. The maximum absolute atomic E-state index is 13.9. The molecule has 0 heterocycles. The predicted molar refractivity (Wildman–Crippen MR) is 84.9 cm³/mol. The highest BCUT2D eigenvalue weighted by molar-refractivity contribution is 5.91. The maximum Gasteiger partial charge on any atom is 0.430 e. The number of hydrogen-bond acceptors (Lipinski definition) is 4. The van der Waals surface area contributed by atoms with Crippen molar-refractivity contribution in [3.63, 3.8) is 0 Å². The third kappa shape index (κ3) is 4.72. The van der Waals surface area contributed by atoms with Crippen molar-refractivity contribution in [3.05, 3.63) is 35.9 Å². The third-order valence-electron chi connectivity index (χ3n) is 3.69. The summed E-state index contributed by atoms with van der Waals surface area (Å²) in [5, 5.41) is 1.92. The van der Waals surface area contributed by atoms with Gasteiger partial charge in [-0.05, 0) is 13.8 Å². The van der Waals surface area contributed by atoms with Crippen LogP contribution in [0.2, 0.25) is 0 Å². The van der Waals surface area contributed by atoms with Crippen LogP contribution in [0.1, 0.15) is 25.8 Å². The zero-order valence-electron chi connectivity index (χ0n) is 14.8. The molecule has 2 atom stereocenters. The maximum atomic E-state index is 13.9. The second-order valence-electron chi connectivity index (χ2n) is 6.22. The molecular weight excluding hydrogens is 358 g/mol. The van der Waals surface area contributed by atoms with Crippen molar-refractivity contribution in [2.24, 2.45) is 0 Å². The number of amides is 1. The second kappa shape index (κ2) is 8.03. The van der Waals surface area contributed by atoms with Crippen LogP contribution >= 0.6 is 0 Å². The molecule has 26 heavy (non-hydrogen) atoms. The molecule has 0 radical (unpaired) electrons. The van der Waals surface area contributed by atoms with Crippen molar-refractivity contribution < 1.29 is 36.6 Å². The van der Waals surface area contributed by atoms with Crippen LogP contribution in [-0.4, -0.2) is 44.0 Å². The standard InChI is InChI=1S/C17H21F4NO4/c1-15(2,18)10-12(13(23)25-3)22-14(24)16(26-4,17(19,20)21)11-8-6-5-7-9-11/h5-9,12H,10H2,1-4H3,(H,22,24)/t12-,16-/m0/s1. The number of benzene rings is 1.